The van der Waals surface area contributed by atoms with Crippen LogP contribution in [0.15, 0.2) is 149 Å². The quantitative estimate of drug-likeness (QED) is 0.0232. The summed E-state index contributed by atoms with van der Waals surface area (Å²) in [6, 6.07) is 26.8. The van der Waals surface area contributed by atoms with Crippen molar-refractivity contribution in [3.8, 4) is 33.8 Å². The van der Waals surface area contributed by atoms with Gasteiger partial charge in [-0.1, -0.05) is 48.5 Å². The van der Waals surface area contributed by atoms with Crippen molar-refractivity contribution < 1.29 is 67.1 Å². The van der Waals surface area contributed by atoms with Crippen LogP contribution in [-0.2, 0) is 56.2 Å². The second kappa shape index (κ2) is 22.4. The van der Waals surface area contributed by atoms with Gasteiger partial charge in [0, 0.05) is 48.0 Å². The van der Waals surface area contributed by atoms with Crippen LogP contribution in [0.3, 0.4) is 0 Å². The molecule has 27 heteroatoms. The minimum absolute atomic E-state index is 0.0552. The number of phenolic OH excluding ortho intramolecular Hbond substituents is 2. The van der Waals surface area contributed by atoms with Gasteiger partial charge in [0.2, 0.25) is 5.91 Å². The van der Waals surface area contributed by atoms with Crippen LogP contribution in [0.5, 0.6) is 11.5 Å². The maximum absolute atomic E-state index is 13.3. The Kier molecular flexibility index (Phi) is 16.3. The highest BCUT2D eigenvalue weighted by atomic mass is 32.2. The van der Waals surface area contributed by atoms with Gasteiger partial charge in [-0.15, -0.1) is 10.2 Å². The van der Waals surface area contributed by atoms with E-state index in [-0.39, 0.29) is 58.5 Å². The molecular weight excluding hydrogens is 1140 g/mol. The second-order valence-corrected chi connectivity index (χ2v) is 25.6. The minimum Gasteiger partial charge on any atom is -0.505 e. The van der Waals surface area contributed by atoms with Crippen LogP contribution in [0.4, 0.5) is 39.8 Å². The highest BCUT2D eigenvalue weighted by Crippen LogP contribution is 2.46. The van der Waals surface area contributed by atoms with Crippen LogP contribution < -0.4 is 22.5 Å². The molecule has 0 aliphatic carbocycles. The van der Waals surface area contributed by atoms with Crippen LogP contribution in [-0.4, -0.2) is 81.5 Å². The molecule has 8 aromatic rings. The molecule has 0 spiro atoms. The molecule has 0 aromatic heterocycles. The van der Waals surface area contributed by atoms with Gasteiger partial charge in [0.1, 0.15) is 31.8 Å². The molecule has 0 saturated carbocycles. The third kappa shape index (κ3) is 12.7. The molecule has 0 saturated heterocycles. The number of aryl methyl sites for hydroxylation is 4. The van der Waals surface area contributed by atoms with Crippen molar-refractivity contribution >= 4 is 113 Å². The van der Waals surface area contributed by atoms with Gasteiger partial charge < -0.3 is 32.7 Å². The van der Waals surface area contributed by atoms with Crippen LogP contribution in [0.1, 0.15) is 40.7 Å². The molecule has 12 N–H and O–H groups in total. The zero-order chi connectivity index (χ0) is 60.1. The van der Waals surface area contributed by atoms with Crippen LogP contribution in [0, 0.1) is 27.7 Å². The molecule has 1 atom stereocenters. The average Bonchev–Trinajstić information content (AvgIpc) is 3.08. The first-order chi connectivity index (χ1) is 38.2. The molecule has 8 rings (SSSR count). The fraction of sp³-hybridized carbons (Fsp3) is 0.164. The first-order valence-corrected chi connectivity index (χ1v) is 30.5. The number of rotatable bonds is 17. The number of hydrogen-bond donors (Lipinski definition) is 9. The Balaban J connectivity index is 0.868. The number of ketones is 1. The van der Waals surface area contributed by atoms with Crippen molar-refractivity contribution in [2.24, 2.45) is 26.2 Å². The van der Waals surface area contributed by atoms with Gasteiger partial charge in [-0.2, -0.15) is 35.5 Å². The monoisotopic (exact) mass is 1190 g/mol. The number of hydrogen-bond acceptors (Lipinski definition) is 19. The van der Waals surface area contributed by atoms with Gasteiger partial charge in [0.15, 0.2) is 21.3 Å². The first kappa shape index (κ1) is 59.6. The highest BCUT2D eigenvalue weighted by Gasteiger charge is 2.28. The van der Waals surface area contributed by atoms with Gasteiger partial charge in [0.25, 0.3) is 30.4 Å². The number of fused-ring (bicyclic) bond motifs is 2. The molecule has 23 nitrogen and oxygen atoms in total. The van der Waals surface area contributed by atoms with E-state index in [1.165, 1.54) is 18.2 Å². The number of nitrogens with one attached hydrogen (secondary N) is 1. The van der Waals surface area contributed by atoms with E-state index in [9.17, 15) is 67.1 Å². The van der Waals surface area contributed by atoms with E-state index in [1.807, 2.05) is 56.3 Å². The zero-order valence-electron chi connectivity index (χ0n) is 44.1. The fourth-order valence-corrected chi connectivity index (χ4v) is 12.3. The third-order valence-corrected chi connectivity index (χ3v) is 17.2. The van der Waals surface area contributed by atoms with Crippen LogP contribution >= 0.6 is 0 Å². The maximum atomic E-state index is 13.3. The Morgan fingerprint density at radius 1 is 0.500 bits per heavy atom. The summed E-state index contributed by atoms with van der Waals surface area (Å²) in [7, 11) is -19.2. The molecule has 8 aromatic carbocycles. The fourth-order valence-electron chi connectivity index (χ4n) is 9.28. The topological polar surface area (TPSA) is 411 Å². The lowest BCUT2D eigenvalue weighted by molar-refractivity contribution is -0.119. The number of phenols is 2. The summed E-state index contributed by atoms with van der Waals surface area (Å²) in [5.41, 5.74) is 25.1. The summed E-state index contributed by atoms with van der Waals surface area (Å²) in [6.07, 6.45) is 0.696. The summed E-state index contributed by atoms with van der Waals surface area (Å²) in [4.78, 5) is 23.1. The van der Waals surface area contributed by atoms with Gasteiger partial charge >= 0.3 is 0 Å². The van der Waals surface area contributed by atoms with E-state index in [1.54, 1.807) is 44.2 Å². The van der Waals surface area contributed by atoms with E-state index in [2.05, 4.69) is 25.8 Å². The number of nitrogens with two attached hydrogens (primary N) is 3. The number of carbonyl (C=O) groups excluding carboxylic acids is 2. The largest absolute Gasteiger partial charge is 0.505 e. The van der Waals surface area contributed by atoms with E-state index in [0.29, 0.717) is 34.3 Å². The Hall–Kier alpha value is -8.54. The third-order valence-electron chi connectivity index (χ3n) is 13.4. The Bertz CT molecular complexity index is 4280. The van der Waals surface area contributed by atoms with E-state index < -0.39 is 94.1 Å². The van der Waals surface area contributed by atoms with Crippen molar-refractivity contribution in [3.63, 3.8) is 0 Å². The Labute approximate surface area is 470 Å². The molecule has 0 fully saturated rings. The van der Waals surface area contributed by atoms with Gasteiger partial charge in [0.05, 0.1) is 38.4 Å². The molecule has 0 bridgehead atoms. The molecule has 82 heavy (non-hydrogen) atoms. The van der Waals surface area contributed by atoms with Crippen molar-refractivity contribution in [2.75, 3.05) is 23.0 Å². The molecule has 1 unspecified atom stereocenters. The summed E-state index contributed by atoms with van der Waals surface area (Å²) in [6.45, 7) is 7.23. The standard InChI is InChI=1S/C55H52N8O15S4/c1-27-18-32(34-9-14-41(29(3)20-34)61-63-44-17-12-39-46(81(73,74)75)26-48(82(76,77)78)53(58)51(39)55(44)67)7-6-31(27)22-37(64)23-36(56)24-49(65)59-40-13-8-33(19-28(40)2)35-10-15-42(30(4)21-35)60-62-43-16-11-38-45(80(70,71)72)25-47(79(5,68)69)52(57)50(38)54(43)66/h6-21,25-26,36,66-67H,22-24,56-58H2,1-5H3,(H,59,65)(H,70,71,72)(H,73,74,75)(H,76,77,78). The van der Waals surface area contributed by atoms with Gasteiger partial charge in [-0.25, -0.2) is 8.42 Å². The van der Waals surface area contributed by atoms with Crippen molar-refractivity contribution in [1.29, 1.82) is 0 Å². The van der Waals surface area contributed by atoms with Gasteiger partial charge in [-0.05, 0) is 138 Å². The Morgan fingerprint density at radius 3 is 1.32 bits per heavy atom. The van der Waals surface area contributed by atoms with E-state index in [4.69, 9.17) is 17.2 Å². The number of carbonyl (C=O) groups is 2. The van der Waals surface area contributed by atoms with Crippen molar-refractivity contribution in [2.45, 2.75) is 72.6 Å². The lowest BCUT2D eigenvalue weighted by Crippen LogP contribution is -2.30. The summed E-state index contributed by atoms with van der Waals surface area (Å²) < 4.78 is 127. The predicted octanol–water partition coefficient (Wildman–Crippen LogP) is 9.97. The highest BCUT2D eigenvalue weighted by molar-refractivity contribution is 7.91. The van der Waals surface area contributed by atoms with Crippen molar-refractivity contribution in [3.05, 3.63) is 137 Å². The SMILES string of the molecule is Cc1cc(-c2ccc(N=Nc3ccc4c(S(=O)(=O)O)cc(S(=O)(=O)O)c(N)c4c3O)c(C)c2)ccc1CC(=O)CC(N)CC(=O)Nc1ccc(-c2ccc(N=Nc3ccc4c(S(=O)(=O)O)cc(S(C)(=O)=O)c(N)c4c3O)c(C)c2)cc1C. The Morgan fingerprint density at radius 2 is 0.890 bits per heavy atom. The zero-order valence-corrected chi connectivity index (χ0v) is 47.3. The van der Waals surface area contributed by atoms with E-state index in [0.717, 1.165) is 57.3 Å². The number of aromatic hydroxyl groups is 2. The van der Waals surface area contributed by atoms with E-state index >= 15 is 0 Å². The number of amides is 1. The minimum atomic E-state index is -5.09. The number of sulfone groups is 1. The van der Waals surface area contributed by atoms with Gasteiger partial charge in [-0.3, -0.25) is 23.2 Å². The molecule has 426 valence electrons. The summed E-state index contributed by atoms with van der Waals surface area (Å²) in [5, 5.41) is 40.3. The molecule has 0 aliphatic rings. The number of azo groups is 2. The lowest BCUT2D eigenvalue weighted by atomic mass is 9.94. The van der Waals surface area contributed by atoms with Crippen LogP contribution in [0.25, 0.3) is 43.8 Å². The lowest BCUT2D eigenvalue weighted by Gasteiger charge is -2.14. The summed E-state index contributed by atoms with van der Waals surface area (Å²) >= 11 is 0. The summed E-state index contributed by atoms with van der Waals surface area (Å²) in [5.74, 6) is -1.96. The number of benzene rings is 8. The second-order valence-electron chi connectivity index (χ2n) is 19.5. The molecule has 0 aliphatic heterocycles. The van der Waals surface area contributed by atoms with Crippen LogP contribution in [0.2, 0.25) is 0 Å². The molecule has 0 heterocycles. The smallest absolute Gasteiger partial charge is 0.296 e. The molecule has 1 amide bonds. The number of Topliss-reactive ketones (excluding diaryl/α,β-unsaturated/α-hetero) is 1. The van der Waals surface area contributed by atoms with Crippen molar-refractivity contribution in [1.82, 2.24) is 0 Å². The number of nitrogens with zero attached hydrogens (tertiary/aromatic N) is 4. The average molecular weight is 1190 g/mol. The molecule has 0 radical (unpaired) electrons. The first-order valence-electron chi connectivity index (χ1n) is 24.3. The molecular formula is C55H52N8O15S4. The normalized spacial score (nSPS) is 12.9. The number of nitrogen functional groups attached to an aromatic ring is 2. The number of anilines is 3. The maximum Gasteiger partial charge on any atom is 0.296 e. The predicted molar refractivity (Wildman–Crippen MR) is 308 cm³/mol.